The maximum Gasteiger partial charge on any atom is 0.246 e. The second kappa shape index (κ2) is 4.86. The van der Waals surface area contributed by atoms with Gasteiger partial charge in [0.15, 0.2) is 5.82 Å². The van der Waals surface area contributed by atoms with E-state index < -0.39 is 11.0 Å². The Morgan fingerprint density at radius 3 is 2.65 bits per heavy atom. The third kappa shape index (κ3) is 2.03. The summed E-state index contributed by atoms with van der Waals surface area (Å²) in [7, 11) is 0. The van der Waals surface area contributed by atoms with E-state index in [1.807, 2.05) is 34.6 Å². The van der Waals surface area contributed by atoms with Gasteiger partial charge in [-0.3, -0.25) is 9.89 Å². The van der Waals surface area contributed by atoms with Crippen molar-refractivity contribution in [1.82, 2.24) is 10.2 Å². The Labute approximate surface area is 119 Å². The number of aryl methyl sites for hydroxylation is 1. The lowest BCUT2D eigenvalue weighted by Crippen LogP contribution is -2.74. The van der Waals surface area contributed by atoms with Gasteiger partial charge in [0, 0.05) is 29.7 Å². The summed E-state index contributed by atoms with van der Waals surface area (Å²) < 4.78 is 5.63. The molecular formula is C14H24N4O2. The van der Waals surface area contributed by atoms with Crippen LogP contribution in [0, 0.1) is 19.3 Å². The molecular weight excluding hydrogens is 256 g/mol. The largest absolute Gasteiger partial charge is 0.378 e. The lowest BCUT2D eigenvalue weighted by Gasteiger charge is -2.57. The highest BCUT2D eigenvalue weighted by molar-refractivity contribution is 5.99. The number of carbonyl (C=O) groups excluding carboxylic acids is 1. The number of aromatic amines is 1. The van der Waals surface area contributed by atoms with E-state index in [0.29, 0.717) is 18.8 Å². The second-order valence-corrected chi connectivity index (χ2v) is 6.12. The molecule has 1 aromatic heterocycles. The Bertz CT molecular complexity index is 523. The van der Waals surface area contributed by atoms with Gasteiger partial charge < -0.3 is 15.8 Å². The molecule has 2 rings (SSSR count). The highest BCUT2D eigenvalue weighted by Gasteiger charge is 2.63. The van der Waals surface area contributed by atoms with Gasteiger partial charge in [-0.05, 0) is 20.8 Å². The summed E-state index contributed by atoms with van der Waals surface area (Å²) in [6, 6.07) is 0. The van der Waals surface area contributed by atoms with E-state index in [-0.39, 0.29) is 12.0 Å². The van der Waals surface area contributed by atoms with Crippen molar-refractivity contribution in [2.24, 2.45) is 11.1 Å². The van der Waals surface area contributed by atoms with Crippen molar-refractivity contribution in [1.29, 1.82) is 0 Å². The van der Waals surface area contributed by atoms with E-state index in [0.717, 1.165) is 11.3 Å². The number of H-pyrrole nitrogens is 1. The van der Waals surface area contributed by atoms with Gasteiger partial charge in [0.05, 0.1) is 6.10 Å². The van der Waals surface area contributed by atoms with Crippen molar-refractivity contribution < 1.29 is 9.53 Å². The smallest absolute Gasteiger partial charge is 0.246 e. The first-order chi connectivity index (χ1) is 9.24. The van der Waals surface area contributed by atoms with Crippen LogP contribution in [0.4, 0.5) is 5.82 Å². The minimum absolute atomic E-state index is 0.0188. The van der Waals surface area contributed by atoms with E-state index in [9.17, 15) is 4.79 Å². The van der Waals surface area contributed by atoms with Crippen LogP contribution in [-0.2, 0) is 9.53 Å². The molecule has 0 spiro atoms. The molecule has 1 amide bonds. The third-order valence-electron chi connectivity index (χ3n) is 4.72. The Hall–Kier alpha value is -1.40. The van der Waals surface area contributed by atoms with E-state index in [1.54, 1.807) is 0 Å². The van der Waals surface area contributed by atoms with E-state index in [2.05, 4.69) is 15.5 Å². The summed E-state index contributed by atoms with van der Waals surface area (Å²) in [6.07, 6.45) is 0.549. The van der Waals surface area contributed by atoms with Gasteiger partial charge in [-0.1, -0.05) is 13.8 Å². The van der Waals surface area contributed by atoms with Crippen molar-refractivity contribution in [2.45, 2.75) is 52.7 Å². The number of ether oxygens (including phenoxy) is 1. The molecule has 4 N–H and O–H groups in total. The first-order valence-electron chi connectivity index (χ1n) is 6.97. The van der Waals surface area contributed by atoms with Crippen LogP contribution in [0.1, 0.15) is 38.4 Å². The third-order valence-corrected chi connectivity index (χ3v) is 4.72. The zero-order valence-electron chi connectivity index (χ0n) is 12.8. The molecule has 6 nitrogen and oxygen atoms in total. The van der Waals surface area contributed by atoms with E-state index in [1.165, 1.54) is 0 Å². The average Bonchev–Trinajstić information content (AvgIpc) is 2.70. The molecule has 20 heavy (non-hydrogen) atoms. The lowest BCUT2D eigenvalue weighted by atomic mass is 9.54. The van der Waals surface area contributed by atoms with Crippen molar-refractivity contribution in [2.75, 3.05) is 11.9 Å². The van der Waals surface area contributed by atoms with Crippen molar-refractivity contribution in [3.8, 4) is 0 Å². The van der Waals surface area contributed by atoms with Gasteiger partial charge in [0.2, 0.25) is 5.91 Å². The number of nitrogens with two attached hydrogens (primary N) is 1. The van der Waals surface area contributed by atoms with Crippen LogP contribution in [0.25, 0.3) is 0 Å². The molecule has 2 atom stereocenters. The fourth-order valence-corrected chi connectivity index (χ4v) is 2.65. The quantitative estimate of drug-likeness (QED) is 0.779. The van der Waals surface area contributed by atoms with Crippen molar-refractivity contribution >= 4 is 11.7 Å². The summed E-state index contributed by atoms with van der Waals surface area (Å²) in [5.41, 5.74) is 6.87. The summed E-state index contributed by atoms with van der Waals surface area (Å²) in [5, 5.41) is 9.77. The molecule has 1 fully saturated rings. The number of hydrogen-bond donors (Lipinski definition) is 3. The Balaban J connectivity index is 2.12. The maximum absolute atomic E-state index is 12.5. The minimum Gasteiger partial charge on any atom is -0.378 e. The number of amides is 1. The fourth-order valence-electron chi connectivity index (χ4n) is 2.65. The SMILES string of the molecule is CCOC1CC(N)(C(=O)Nc2n[nH]c(C)c2C)C1(C)C. The molecule has 0 aliphatic heterocycles. The highest BCUT2D eigenvalue weighted by atomic mass is 16.5. The van der Waals surface area contributed by atoms with Crippen LogP contribution in [0.2, 0.25) is 0 Å². The molecule has 2 unspecified atom stereocenters. The van der Waals surface area contributed by atoms with E-state index in [4.69, 9.17) is 10.5 Å². The maximum atomic E-state index is 12.5. The number of anilines is 1. The highest BCUT2D eigenvalue weighted by Crippen LogP contribution is 2.50. The zero-order chi connectivity index (χ0) is 15.1. The number of aromatic nitrogens is 2. The number of hydrogen-bond acceptors (Lipinski definition) is 4. The Morgan fingerprint density at radius 2 is 2.20 bits per heavy atom. The first kappa shape index (κ1) is 15.0. The summed E-state index contributed by atoms with van der Waals surface area (Å²) >= 11 is 0. The minimum atomic E-state index is -0.924. The van der Waals surface area contributed by atoms with E-state index >= 15 is 0 Å². The predicted molar refractivity (Wildman–Crippen MR) is 77.4 cm³/mol. The van der Waals surface area contributed by atoms with Crippen LogP contribution in [-0.4, -0.2) is 34.4 Å². The lowest BCUT2D eigenvalue weighted by molar-refractivity contribution is -0.166. The van der Waals surface area contributed by atoms with Crippen molar-refractivity contribution in [3.63, 3.8) is 0 Å². The Morgan fingerprint density at radius 1 is 1.55 bits per heavy atom. The molecule has 1 aromatic rings. The average molecular weight is 280 g/mol. The van der Waals surface area contributed by atoms with Crippen LogP contribution in [0.15, 0.2) is 0 Å². The van der Waals surface area contributed by atoms with Crippen LogP contribution in [0.3, 0.4) is 0 Å². The van der Waals surface area contributed by atoms with Gasteiger partial charge in [0.25, 0.3) is 0 Å². The van der Waals surface area contributed by atoms with Crippen LogP contribution in [0.5, 0.6) is 0 Å². The molecule has 1 aliphatic rings. The molecule has 112 valence electrons. The number of rotatable bonds is 4. The molecule has 1 saturated carbocycles. The molecule has 0 aromatic carbocycles. The normalized spacial score (nSPS) is 28.0. The summed E-state index contributed by atoms with van der Waals surface area (Å²) in [6.45, 7) is 10.3. The van der Waals surface area contributed by atoms with Crippen molar-refractivity contribution in [3.05, 3.63) is 11.3 Å². The molecule has 0 saturated heterocycles. The van der Waals surface area contributed by atoms with Gasteiger partial charge in [-0.2, -0.15) is 5.10 Å². The van der Waals surface area contributed by atoms with Gasteiger partial charge in [-0.15, -0.1) is 0 Å². The Kier molecular flexibility index (Phi) is 3.64. The topological polar surface area (TPSA) is 93.0 Å². The molecule has 1 aliphatic carbocycles. The van der Waals surface area contributed by atoms with Gasteiger partial charge >= 0.3 is 0 Å². The van der Waals surface area contributed by atoms with Crippen LogP contribution < -0.4 is 11.1 Å². The number of nitrogens with one attached hydrogen (secondary N) is 2. The number of nitrogens with zero attached hydrogens (tertiary/aromatic N) is 1. The van der Waals surface area contributed by atoms with Gasteiger partial charge in [0.1, 0.15) is 5.54 Å². The number of carbonyl (C=O) groups is 1. The summed E-state index contributed by atoms with van der Waals surface area (Å²) in [4.78, 5) is 12.5. The molecule has 0 radical (unpaired) electrons. The second-order valence-electron chi connectivity index (χ2n) is 6.12. The zero-order valence-corrected chi connectivity index (χ0v) is 12.8. The van der Waals surface area contributed by atoms with Crippen LogP contribution >= 0.6 is 0 Å². The first-order valence-corrected chi connectivity index (χ1v) is 6.97. The molecule has 6 heteroatoms. The standard InChI is InChI=1S/C14H24N4O2/c1-6-20-10-7-14(15,13(10,4)5)12(19)16-11-8(2)9(3)17-18-11/h10H,6-7,15H2,1-5H3,(H2,16,17,18,19). The fraction of sp³-hybridized carbons (Fsp3) is 0.714. The summed E-state index contributed by atoms with van der Waals surface area (Å²) in [5.74, 6) is 0.348. The molecule has 0 bridgehead atoms. The van der Waals surface area contributed by atoms with Gasteiger partial charge in [-0.25, -0.2) is 0 Å². The monoisotopic (exact) mass is 280 g/mol. The predicted octanol–water partition coefficient (Wildman–Crippen LogP) is 1.50. The molecule has 1 heterocycles.